The predicted octanol–water partition coefficient (Wildman–Crippen LogP) is 2.83. The van der Waals surface area contributed by atoms with Gasteiger partial charge in [0.25, 0.3) is 0 Å². The van der Waals surface area contributed by atoms with Crippen LogP contribution in [0.5, 0.6) is 0 Å². The van der Waals surface area contributed by atoms with Gasteiger partial charge in [-0.15, -0.1) is 0 Å². The van der Waals surface area contributed by atoms with Crippen molar-refractivity contribution in [3.05, 3.63) is 42.2 Å². The van der Waals surface area contributed by atoms with E-state index in [1.807, 2.05) is 0 Å². The Bertz CT molecular complexity index is 505. The number of aromatic nitrogens is 1. The molecule has 0 aliphatic heterocycles. The zero-order chi connectivity index (χ0) is 11.8. The second-order valence-corrected chi connectivity index (χ2v) is 3.39. The van der Waals surface area contributed by atoms with Crippen molar-refractivity contribution < 1.29 is 18.3 Å². The van der Waals surface area contributed by atoms with E-state index in [4.69, 9.17) is 0 Å². The fourth-order valence-corrected chi connectivity index (χ4v) is 1.56. The van der Waals surface area contributed by atoms with Crippen LogP contribution < -0.4 is 0 Å². The molecule has 1 aromatic carbocycles. The fourth-order valence-electron chi connectivity index (χ4n) is 1.56. The molecular formula is C11H8F3NO. The molecular weight excluding hydrogens is 219 g/mol. The minimum Gasteiger partial charge on any atom is -0.379 e. The average molecular weight is 227 g/mol. The van der Waals surface area contributed by atoms with Crippen LogP contribution in [0.15, 0.2) is 36.7 Å². The molecule has 1 aromatic heterocycles. The third-order valence-electron chi connectivity index (χ3n) is 2.32. The van der Waals surface area contributed by atoms with Gasteiger partial charge in [0.2, 0.25) is 0 Å². The van der Waals surface area contributed by atoms with Gasteiger partial charge in [-0.2, -0.15) is 13.2 Å². The summed E-state index contributed by atoms with van der Waals surface area (Å²) in [5.74, 6) is 0. The van der Waals surface area contributed by atoms with E-state index >= 15 is 0 Å². The van der Waals surface area contributed by atoms with Gasteiger partial charge in [-0.1, -0.05) is 18.2 Å². The smallest absolute Gasteiger partial charge is 0.379 e. The number of pyridine rings is 1. The van der Waals surface area contributed by atoms with Crippen molar-refractivity contribution in [2.75, 3.05) is 0 Å². The number of alkyl halides is 3. The third kappa shape index (κ3) is 1.86. The maximum Gasteiger partial charge on any atom is 0.418 e. The molecule has 0 saturated carbocycles. The number of aliphatic hydroxyl groups excluding tert-OH is 1. The number of nitrogens with zero attached hydrogens (tertiary/aromatic N) is 1. The number of hydrogen-bond donors (Lipinski definition) is 1. The van der Waals surface area contributed by atoms with Gasteiger partial charge in [0.05, 0.1) is 0 Å². The largest absolute Gasteiger partial charge is 0.418 e. The zero-order valence-electron chi connectivity index (χ0n) is 8.07. The van der Waals surface area contributed by atoms with Gasteiger partial charge in [0.1, 0.15) is 0 Å². The maximum atomic E-state index is 12.4. The van der Waals surface area contributed by atoms with E-state index in [1.165, 1.54) is 30.6 Å². The summed E-state index contributed by atoms with van der Waals surface area (Å²) in [6.45, 7) is 0. The number of benzene rings is 1. The van der Waals surface area contributed by atoms with Gasteiger partial charge < -0.3 is 5.11 Å². The highest BCUT2D eigenvalue weighted by molar-refractivity contribution is 5.85. The lowest BCUT2D eigenvalue weighted by molar-refractivity contribution is -0.206. The van der Waals surface area contributed by atoms with Crippen LogP contribution in [0.4, 0.5) is 13.2 Å². The average Bonchev–Trinajstić information content (AvgIpc) is 2.26. The van der Waals surface area contributed by atoms with Crippen molar-refractivity contribution in [3.8, 4) is 0 Å². The first-order valence-corrected chi connectivity index (χ1v) is 4.57. The minimum atomic E-state index is -4.66. The van der Waals surface area contributed by atoms with Crippen LogP contribution in [0.25, 0.3) is 10.8 Å². The van der Waals surface area contributed by atoms with Crippen LogP contribution in [0, 0.1) is 0 Å². The van der Waals surface area contributed by atoms with E-state index in [1.54, 1.807) is 6.07 Å². The van der Waals surface area contributed by atoms with Crippen LogP contribution in [0.3, 0.4) is 0 Å². The van der Waals surface area contributed by atoms with Gasteiger partial charge in [-0.05, 0) is 17.0 Å². The molecule has 1 atom stereocenters. The molecule has 0 radical (unpaired) electrons. The number of rotatable bonds is 1. The molecule has 2 rings (SSSR count). The molecule has 2 aromatic rings. The van der Waals surface area contributed by atoms with Gasteiger partial charge in [-0.25, -0.2) is 0 Å². The molecule has 5 heteroatoms. The van der Waals surface area contributed by atoms with Crippen molar-refractivity contribution in [1.29, 1.82) is 0 Å². The Morgan fingerprint density at radius 1 is 1.19 bits per heavy atom. The maximum absolute atomic E-state index is 12.4. The van der Waals surface area contributed by atoms with E-state index in [0.29, 0.717) is 10.8 Å². The second-order valence-electron chi connectivity index (χ2n) is 3.39. The fraction of sp³-hybridized carbons (Fsp3) is 0.182. The highest BCUT2D eigenvalue weighted by atomic mass is 19.4. The predicted molar refractivity (Wildman–Crippen MR) is 52.8 cm³/mol. The highest BCUT2D eigenvalue weighted by Gasteiger charge is 2.39. The van der Waals surface area contributed by atoms with Crippen molar-refractivity contribution in [2.24, 2.45) is 0 Å². The molecule has 1 heterocycles. The molecule has 1 N–H and O–H groups in total. The van der Waals surface area contributed by atoms with Crippen LogP contribution in [-0.4, -0.2) is 16.3 Å². The molecule has 0 bridgehead atoms. The summed E-state index contributed by atoms with van der Waals surface area (Å²) in [7, 11) is 0. The van der Waals surface area contributed by atoms with E-state index in [2.05, 4.69) is 4.98 Å². The Hall–Kier alpha value is -1.62. The summed E-state index contributed by atoms with van der Waals surface area (Å²) in [5.41, 5.74) is -0.146. The summed E-state index contributed by atoms with van der Waals surface area (Å²) in [6.07, 6.45) is -4.26. The van der Waals surface area contributed by atoms with Crippen LogP contribution >= 0.6 is 0 Å². The summed E-state index contributed by atoms with van der Waals surface area (Å²) in [5, 5.41) is 10.1. The topological polar surface area (TPSA) is 33.1 Å². The second kappa shape index (κ2) is 3.75. The standard InChI is InChI=1S/C11H8F3NO/c12-11(13,14)10(16)9-3-1-2-7-6-15-5-4-8(7)9/h1-6,10,16H/t10-/m0/s1. The lowest BCUT2D eigenvalue weighted by Crippen LogP contribution is -2.20. The van der Waals surface area contributed by atoms with Crippen molar-refractivity contribution >= 4 is 10.8 Å². The van der Waals surface area contributed by atoms with E-state index in [-0.39, 0.29) is 5.56 Å². The SMILES string of the molecule is O[C@@H](c1cccc2cnccc12)C(F)(F)F. The third-order valence-corrected chi connectivity index (χ3v) is 2.32. The van der Waals surface area contributed by atoms with E-state index in [0.717, 1.165) is 0 Å². The zero-order valence-corrected chi connectivity index (χ0v) is 8.07. The van der Waals surface area contributed by atoms with Gasteiger partial charge in [0, 0.05) is 17.8 Å². The molecule has 0 spiro atoms. The van der Waals surface area contributed by atoms with Gasteiger partial charge >= 0.3 is 6.18 Å². The lowest BCUT2D eigenvalue weighted by Gasteiger charge is -2.16. The van der Waals surface area contributed by atoms with Crippen molar-refractivity contribution in [1.82, 2.24) is 4.98 Å². The van der Waals surface area contributed by atoms with Crippen molar-refractivity contribution in [2.45, 2.75) is 12.3 Å². The Kier molecular flexibility index (Phi) is 2.55. The number of halogens is 3. The summed E-state index contributed by atoms with van der Waals surface area (Å²) < 4.78 is 37.2. The molecule has 0 unspecified atom stereocenters. The van der Waals surface area contributed by atoms with Crippen molar-refractivity contribution in [3.63, 3.8) is 0 Å². The monoisotopic (exact) mass is 227 g/mol. The molecule has 84 valence electrons. The molecule has 0 fully saturated rings. The van der Waals surface area contributed by atoms with Crippen LogP contribution in [0.1, 0.15) is 11.7 Å². The van der Waals surface area contributed by atoms with Crippen LogP contribution in [-0.2, 0) is 0 Å². The Morgan fingerprint density at radius 2 is 1.94 bits per heavy atom. The summed E-state index contributed by atoms with van der Waals surface area (Å²) >= 11 is 0. The van der Waals surface area contributed by atoms with Gasteiger partial charge in [0.15, 0.2) is 6.10 Å². The quantitative estimate of drug-likeness (QED) is 0.812. The number of aliphatic hydroxyl groups is 1. The molecule has 2 nitrogen and oxygen atoms in total. The normalized spacial score (nSPS) is 14.0. The minimum absolute atomic E-state index is 0.146. The van der Waals surface area contributed by atoms with Crippen LogP contribution in [0.2, 0.25) is 0 Å². The highest BCUT2D eigenvalue weighted by Crippen LogP contribution is 2.35. The number of hydrogen-bond acceptors (Lipinski definition) is 2. The first-order chi connectivity index (χ1) is 7.50. The van der Waals surface area contributed by atoms with E-state index in [9.17, 15) is 18.3 Å². The molecule has 0 saturated heterocycles. The summed E-state index contributed by atoms with van der Waals surface area (Å²) in [6, 6.07) is 5.84. The molecule has 16 heavy (non-hydrogen) atoms. The molecule has 0 amide bonds. The molecule has 0 aliphatic carbocycles. The first kappa shape index (κ1) is 10.9. The Morgan fingerprint density at radius 3 is 2.62 bits per heavy atom. The molecule has 0 aliphatic rings. The van der Waals surface area contributed by atoms with E-state index < -0.39 is 12.3 Å². The summed E-state index contributed by atoms with van der Waals surface area (Å²) in [4.78, 5) is 3.81. The number of fused-ring (bicyclic) bond motifs is 1. The van der Waals surface area contributed by atoms with Gasteiger partial charge in [-0.3, -0.25) is 4.98 Å². The Labute approximate surface area is 89.4 Å². The Balaban J connectivity index is 2.61. The first-order valence-electron chi connectivity index (χ1n) is 4.57. The lowest BCUT2D eigenvalue weighted by atomic mass is 10.0.